The SMILES string of the molecule is CC1CCC(N(C)c2nccnc2Cl)CC1. The van der Waals surface area contributed by atoms with Crippen LogP contribution in [0.5, 0.6) is 0 Å². The predicted octanol–water partition coefficient (Wildman–Crippen LogP) is 3.14. The lowest BCUT2D eigenvalue weighted by molar-refractivity contribution is 0.340. The highest BCUT2D eigenvalue weighted by Gasteiger charge is 2.23. The lowest BCUT2D eigenvalue weighted by Crippen LogP contribution is -2.35. The van der Waals surface area contributed by atoms with Crippen molar-refractivity contribution < 1.29 is 0 Å². The lowest BCUT2D eigenvalue weighted by Gasteiger charge is -2.34. The second-order valence-electron chi connectivity index (χ2n) is 4.70. The van der Waals surface area contributed by atoms with Crippen LogP contribution in [0, 0.1) is 5.92 Å². The molecule has 1 saturated carbocycles. The van der Waals surface area contributed by atoms with E-state index >= 15 is 0 Å². The minimum absolute atomic E-state index is 0.503. The monoisotopic (exact) mass is 239 g/mol. The fourth-order valence-electron chi connectivity index (χ4n) is 2.35. The molecule has 1 aromatic heterocycles. The Morgan fingerprint density at radius 2 is 1.81 bits per heavy atom. The first-order valence-corrected chi connectivity index (χ1v) is 6.25. The standard InChI is InChI=1S/C12H18ClN3/c1-9-3-5-10(6-4-9)16(2)12-11(13)14-7-8-15-12/h7-10H,3-6H2,1-2H3. The van der Waals surface area contributed by atoms with Gasteiger partial charge < -0.3 is 4.90 Å². The molecule has 0 radical (unpaired) electrons. The number of rotatable bonds is 2. The average molecular weight is 240 g/mol. The van der Waals surface area contributed by atoms with Gasteiger partial charge in [0.15, 0.2) is 11.0 Å². The third-order valence-electron chi connectivity index (χ3n) is 3.50. The minimum Gasteiger partial charge on any atom is -0.354 e. The van der Waals surface area contributed by atoms with Crippen LogP contribution in [0.1, 0.15) is 32.6 Å². The lowest BCUT2D eigenvalue weighted by atomic mass is 9.87. The minimum atomic E-state index is 0.503. The van der Waals surface area contributed by atoms with E-state index in [4.69, 9.17) is 11.6 Å². The van der Waals surface area contributed by atoms with E-state index in [0.717, 1.165) is 11.7 Å². The van der Waals surface area contributed by atoms with Gasteiger partial charge in [0.05, 0.1) is 0 Å². The summed E-state index contributed by atoms with van der Waals surface area (Å²) in [6.07, 6.45) is 8.38. The van der Waals surface area contributed by atoms with E-state index < -0.39 is 0 Å². The van der Waals surface area contributed by atoms with Gasteiger partial charge in [-0.25, -0.2) is 9.97 Å². The molecule has 0 unspecified atom stereocenters. The van der Waals surface area contributed by atoms with E-state index in [2.05, 4.69) is 28.8 Å². The summed E-state index contributed by atoms with van der Waals surface area (Å²) in [5, 5.41) is 0.503. The average Bonchev–Trinajstić information content (AvgIpc) is 2.30. The summed E-state index contributed by atoms with van der Waals surface area (Å²) in [5.41, 5.74) is 0. The Bertz CT molecular complexity index is 348. The summed E-state index contributed by atoms with van der Waals surface area (Å²) >= 11 is 6.05. The van der Waals surface area contributed by atoms with Gasteiger partial charge in [-0.05, 0) is 31.6 Å². The summed E-state index contributed by atoms with van der Waals surface area (Å²) < 4.78 is 0. The molecule has 1 fully saturated rings. The van der Waals surface area contributed by atoms with Crippen LogP contribution in [0.25, 0.3) is 0 Å². The highest BCUT2D eigenvalue weighted by Crippen LogP contribution is 2.30. The third-order valence-corrected chi connectivity index (χ3v) is 3.77. The van der Waals surface area contributed by atoms with E-state index in [1.54, 1.807) is 12.4 Å². The Morgan fingerprint density at radius 1 is 1.19 bits per heavy atom. The predicted molar refractivity (Wildman–Crippen MR) is 66.9 cm³/mol. The first-order chi connectivity index (χ1) is 7.68. The number of hydrogen-bond acceptors (Lipinski definition) is 3. The maximum atomic E-state index is 6.05. The molecular formula is C12H18ClN3. The van der Waals surface area contributed by atoms with E-state index in [0.29, 0.717) is 11.2 Å². The molecule has 4 heteroatoms. The maximum Gasteiger partial charge on any atom is 0.171 e. The van der Waals surface area contributed by atoms with Crippen LogP contribution < -0.4 is 4.90 Å². The van der Waals surface area contributed by atoms with Crippen LogP contribution in [-0.2, 0) is 0 Å². The first-order valence-electron chi connectivity index (χ1n) is 5.88. The summed E-state index contributed by atoms with van der Waals surface area (Å²) in [5.74, 6) is 1.67. The molecular weight excluding hydrogens is 222 g/mol. The molecule has 0 spiro atoms. The number of halogens is 1. The van der Waals surface area contributed by atoms with Crippen LogP contribution in [0.2, 0.25) is 5.15 Å². The molecule has 2 rings (SSSR count). The van der Waals surface area contributed by atoms with Crippen molar-refractivity contribution in [2.45, 2.75) is 38.6 Å². The van der Waals surface area contributed by atoms with E-state index in [9.17, 15) is 0 Å². The molecule has 1 heterocycles. The molecule has 16 heavy (non-hydrogen) atoms. The fourth-order valence-corrected chi connectivity index (χ4v) is 2.59. The molecule has 1 aromatic rings. The van der Waals surface area contributed by atoms with Crippen molar-refractivity contribution in [2.24, 2.45) is 5.92 Å². The van der Waals surface area contributed by atoms with Crippen molar-refractivity contribution >= 4 is 17.4 Å². The Morgan fingerprint density at radius 3 is 2.44 bits per heavy atom. The third kappa shape index (κ3) is 2.46. The van der Waals surface area contributed by atoms with Crippen molar-refractivity contribution in [3.63, 3.8) is 0 Å². The van der Waals surface area contributed by atoms with Gasteiger partial charge in [0, 0.05) is 25.5 Å². The van der Waals surface area contributed by atoms with E-state index in [1.807, 2.05) is 0 Å². The Hall–Kier alpha value is -0.830. The molecule has 0 aromatic carbocycles. The van der Waals surface area contributed by atoms with Crippen molar-refractivity contribution in [3.05, 3.63) is 17.5 Å². The number of aromatic nitrogens is 2. The Labute approximate surface area is 102 Å². The van der Waals surface area contributed by atoms with Crippen molar-refractivity contribution in [1.82, 2.24) is 9.97 Å². The summed E-state index contributed by atoms with van der Waals surface area (Å²) in [6, 6.07) is 0.561. The molecule has 0 aliphatic heterocycles. The molecule has 0 atom stereocenters. The summed E-state index contributed by atoms with van der Waals surface area (Å²) in [4.78, 5) is 10.6. The van der Waals surface area contributed by atoms with Crippen LogP contribution in [0.3, 0.4) is 0 Å². The molecule has 0 bridgehead atoms. The molecule has 0 N–H and O–H groups in total. The van der Waals surface area contributed by atoms with Crippen molar-refractivity contribution in [3.8, 4) is 0 Å². The molecule has 88 valence electrons. The topological polar surface area (TPSA) is 29.0 Å². The zero-order valence-corrected chi connectivity index (χ0v) is 10.6. The van der Waals surface area contributed by atoms with Gasteiger partial charge in [-0.1, -0.05) is 18.5 Å². The first kappa shape index (κ1) is 11.6. The zero-order valence-electron chi connectivity index (χ0n) is 9.86. The highest BCUT2D eigenvalue weighted by atomic mass is 35.5. The van der Waals surface area contributed by atoms with Crippen LogP contribution in [-0.4, -0.2) is 23.1 Å². The Balaban J connectivity index is 2.07. The molecule has 0 amide bonds. The van der Waals surface area contributed by atoms with Crippen LogP contribution in [0.4, 0.5) is 5.82 Å². The smallest absolute Gasteiger partial charge is 0.171 e. The van der Waals surface area contributed by atoms with E-state index in [1.165, 1.54) is 25.7 Å². The normalized spacial score (nSPS) is 25.4. The van der Waals surface area contributed by atoms with Gasteiger partial charge >= 0.3 is 0 Å². The second-order valence-corrected chi connectivity index (χ2v) is 5.05. The van der Waals surface area contributed by atoms with Gasteiger partial charge in [-0.2, -0.15) is 0 Å². The van der Waals surface area contributed by atoms with Gasteiger partial charge in [-0.3, -0.25) is 0 Å². The molecule has 0 saturated heterocycles. The fraction of sp³-hybridized carbons (Fsp3) is 0.667. The summed E-state index contributed by atoms with van der Waals surface area (Å²) in [7, 11) is 2.07. The van der Waals surface area contributed by atoms with Crippen LogP contribution >= 0.6 is 11.6 Å². The Kier molecular flexibility index (Phi) is 3.64. The largest absolute Gasteiger partial charge is 0.354 e. The van der Waals surface area contributed by atoms with E-state index in [-0.39, 0.29) is 0 Å². The van der Waals surface area contributed by atoms with Crippen molar-refractivity contribution in [1.29, 1.82) is 0 Å². The van der Waals surface area contributed by atoms with Crippen molar-refractivity contribution in [2.75, 3.05) is 11.9 Å². The van der Waals surface area contributed by atoms with Gasteiger partial charge in [0.2, 0.25) is 0 Å². The maximum absolute atomic E-state index is 6.05. The quantitative estimate of drug-likeness (QED) is 0.794. The van der Waals surface area contributed by atoms with Gasteiger partial charge in [0.1, 0.15) is 0 Å². The molecule has 1 aliphatic rings. The molecule has 1 aliphatic carbocycles. The molecule has 3 nitrogen and oxygen atoms in total. The number of nitrogens with zero attached hydrogens (tertiary/aromatic N) is 3. The zero-order chi connectivity index (χ0) is 11.5. The van der Waals surface area contributed by atoms with Gasteiger partial charge in [-0.15, -0.1) is 0 Å². The highest BCUT2D eigenvalue weighted by molar-refractivity contribution is 6.31. The summed E-state index contributed by atoms with van der Waals surface area (Å²) in [6.45, 7) is 2.32. The van der Waals surface area contributed by atoms with Crippen LogP contribution in [0.15, 0.2) is 12.4 Å². The number of hydrogen-bond donors (Lipinski definition) is 0. The number of anilines is 1. The second kappa shape index (κ2) is 5.00. The van der Waals surface area contributed by atoms with Gasteiger partial charge in [0.25, 0.3) is 0 Å².